The summed E-state index contributed by atoms with van der Waals surface area (Å²) in [6, 6.07) is 16.0. The summed E-state index contributed by atoms with van der Waals surface area (Å²) in [5.41, 5.74) is 3.14. The van der Waals surface area contributed by atoms with Crippen molar-refractivity contribution in [2.45, 2.75) is 13.1 Å². The molecule has 28 heavy (non-hydrogen) atoms. The molecule has 0 aliphatic carbocycles. The first-order chi connectivity index (χ1) is 13.2. The molecule has 0 amide bonds. The molecule has 3 aromatic rings. The third-order valence-corrected chi connectivity index (χ3v) is 4.33. The number of hydrogen-bond acceptors (Lipinski definition) is 4. The van der Waals surface area contributed by atoms with Crippen molar-refractivity contribution < 1.29 is 9.47 Å². The minimum Gasteiger partial charge on any atom is -0.497 e. The molecule has 0 spiro atoms. The lowest BCUT2D eigenvalue weighted by Gasteiger charge is -2.15. The average Bonchev–Trinajstić information content (AvgIpc) is 2.73. The molecule has 0 atom stereocenters. The van der Waals surface area contributed by atoms with Gasteiger partial charge in [0.1, 0.15) is 11.5 Å². The lowest BCUT2D eigenvalue weighted by Crippen LogP contribution is -2.36. The molecule has 0 aliphatic rings. The van der Waals surface area contributed by atoms with Crippen LogP contribution in [0.4, 0.5) is 0 Å². The monoisotopic (exact) mass is 492 g/mol. The Hall–Kier alpha value is -2.55. The molecule has 0 saturated heterocycles. The van der Waals surface area contributed by atoms with E-state index in [-0.39, 0.29) is 24.0 Å². The number of nitrogens with one attached hydrogen (secondary N) is 2. The van der Waals surface area contributed by atoms with Crippen molar-refractivity contribution >= 4 is 40.8 Å². The van der Waals surface area contributed by atoms with Gasteiger partial charge >= 0.3 is 0 Å². The quantitative estimate of drug-likeness (QED) is 0.312. The zero-order valence-electron chi connectivity index (χ0n) is 16.2. The third-order valence-electron chi connectivity index (χ3n) is 4.33. The van der Waals surface area contributed by atoms with Crippen LogP contribution in [0.1, 0.15) is 11.1 Å². The number of pyridine rings is 1. The Labute approximate surface area is 182 Å². The van der Waals surface area contributed by atoms with Crippen LogP contribution in [0.3, 0.4) is 0 Å². The molecule has 3 rings (SSSR count). The van der Waals surface area contributed by atoms with E-state index in [9.17, 15) is 0 Å². The Morgan fingerprint density at radius 2 is 1.71 bits per heavy atom. The maximum absolute atomic E-state index is 5.44. The van der Waals surface area contributed by atoms with Gasteiger partial charge in [-0.3, -0.25) is 9.98 Å². The van der Waals surface area contributed by atoms with E-state index in [1.54, 1.807) is 21.3 Å². The summed E-state index contributed by atoms with van der Waals surface area (Å²) in [5.74, 6) is 2.25. The zero-order valence-corrected chi connectivity index (χ0v) is 18.6. The maximum atomic E-state index is 5.44. The van der Waals surface area contributed by atoms with Crippen LogP contribution in [-0.2, 0) is 13.1 Å². The maximum Gasteiger partial charge on any atom is 0.191 e. The van der Waals surface area contributed by atoms with Gasteiger partial charge in [0.2, 0.25) is 0 Å². The van der Waals surface area contributed by atoms with Crippen LogP contribution in [-0.4, -0.2) is 32.2 Å². The molecule has 0 aliphatic heterocycles. The van der Waals surface area contributed by atoms with Gasteiger partial charge in [-0.05, 0) is 23.8 Å². The number of benzene rings is 2. The summed E-state index contributed by atoms with van der Waals surface area (Å²) >= 11 is 0. The van der Waals surface area contributed by atoms with Crippen LogP contribution in [0.15, 0.2) is 59.7 Å². The van der Waals surface area contributed by atoms with Crippen molar-refractivity contribution in [3.63, 3.8) is 0 Å². The molecule has 0 unspecified atom stereocenters. The summed E-state index contributed by atoms with van der Waals surface area (Å²) in [5, 5.41) is 7.78. The van der Waals surface area contributed by atoms with Crippen LogP contribution in [0.25, 0.3) is 10.9 Å². The zero-order chi connectivity index (χ0) is 19.1. The van der Waals surface area contributed by atoms with Crippen LogP contribution < -0.4 is 20.1 Å². The van der Waals surface area contributed by atoms with Crippen molar-refractivity contribution in [2.24, 2.45) is 4.99 Å². The van der Waals surface area contributed by atoms with Gasteiger partial charge in [0.05, 0.1) is 19.7 Å². The Morgan fingerprint density at radius 3 is 2.43 bits per heavy atom. The number of aliphatic imine (C=N–C) groups is 1. The van der Waals surface area contributed by atoms with Gasteiger partial charge in [-0.2, -0.15) is 0 Å². The number of aromatic nitrogens is 1. The number of fused-ring (bicyclic) bond motifs is 1. The lowest BCUT2D eigenvalue weighted by atomic mass is 10.1. The smallest absolute Gasteiger partial charge is 0.191 e. The second-order valence-corrected chi connectivity index (χ2v) is 5.95. The van der Waals surface area contributed by atoms with E-state index in [2.05, 4.69) is 38.8 Å². The first-order valence-electron chi connectivity index (χ1n) is 8.73. The van der Waals surface area contributed by atoms with Crippen molar-refractivity contribution in [1.82, 2.24) is 15.6 Å². The second-order valence-electron chi connectivity index (χ2n) is 5.95. The van der Waals surface area contributed by atoms with Gasteiger partial charge in [-0.15, -0.1) is 24.0 Å². The standard InChI is InChI=1S/C21H24N4O2.HI/c1-22-21(24-13-16-9-10-18(26-2)12-19(16)27-3)25-14-17-7-4-6-15-8-5-11-23-20(15)17;/h4-12H,13-14H2,1-3H3,(H2,22,24,25);1H. The van der Waals surface area contributed by atoms with Crippen molar-refractivity contribution in [2.75, 3.05) is 21.3 Å². The van der Waals surface area contributed by atoms with E-state index in [1.807, 2.05) is 36.5 Å². The second kappa shape index (κ2) is 10.7. The summed E-state index contributed by atoms with van der Waals surface area (Å²) in [6.07, 6.45) is 1.81. The summed E-state index contributed by atoms with van der Waals surface area (Å²) < 4.78 is 10.7. The first kappa shape index (κ1) is 21.7. The molecule has 0 bridgehead atoms. The van der Waals surface area contributed by atoms with Crippen LogP contribution in [0.5, 0.6) is 11.5 Å². The Balaban J connectivity index is 0.00000280. The average molecular weight is 492 g/mol. The number of rotatable bonds is 6. The van der Waals surface area contributed by atoms with E-state index >= 15 is 0 Å². The molecule has 2 N–H and O–H groups in total. The molecular weight excluding hydrogens is 467 g/mol. The minimum absolute atomic E-state index is 0. The lowest BCUT2D eigenvalue weighted by molar-refractivity contribution is 0.390. The number of nitrogens with zero attached hydrogens (tertiary/aromatic N) is 2. The Bertz CT molecular complexity index is 941. The molecular formula is C21H25IN4O2. The van der Waals surface area contributed by atoms with E-state index in [1.165, 1.54) is 0 Å². The minimum atomic E-state index is 0. The van der Waals surface area contributed by atoms with Crippen LogP contribution in [0.2, 0.25) is 0 Å². The number of hydrogen-bond donors (Lipinski definition) is 2. The molecule has 148 valence electrons. The van der Waals surface area contributed by atoms with Crippen molar-refractivity contribution in [3.8, 4) is 11.5 Å². The molecule has 7 heteroatoms. The number of ether oxygens (including phenoxy) is 2. The normalized spacial score (nSPS) is 10.9. The van der Waals surface area contributed by atoms with Crippen LogP contribution >= 0.6 is 24.0 Å². The fraction of sp³-hybridized carbons (Fsp3) is 0.238. The molecule has 0 radical (unpaired) electrons. The van der Waals surface area contributed by atoms with E-state index in [0.717, 1.165) is 33.5 Å². The molecule has 1 aromatic heterocycles. The van der Waals surface area contributed by atoms with Crippen molar-refractivity contribution in [1.29, 1.82) is 0 Å². The number of halogens is 1. The van der Waals surface area contributed by atoms with E-state index in [4.69, 9.17) is 9.47 Å². The highest BCUT2D eigenvalue weighted by atomic mass is 127. The molecule has 0 saturated carbocycles. The van der Waals surface area contributed by atoms with Gasteiger partial charge in [0, 0.05) is 43.4 Å². The molecule has 6 nitrogen and oxygen atoms in total. The predicted octanol–water partition coefficient (Wildman–Crippen LogP) is 3.74. The third kappa shape index (κ3) is 5.25. The number of para-hydroxylation sites is 1. The summed E-state index contributed by atoms with van der Waals surface area (Å²) in [6.45, 7) is 1.22. The fourth-order valence-corrected chi connectivity index (χ4v) is 2.89. The highest BCUT2D eigenvalue weighted by molar-refractivity contribution is 14.0. The van der Waals surface area contributed by atoms with Gasteiger partial charge in [-0.1, -0.05) is 24.3 Å². The SMILES string of the molecule is CN=C(NCc1ccc(OC)cc1OC)NCc1cccc2cccnc12.I. The molecule has 0 fully saturated rings. The summed E-state index contributed by atoms with van der Waals surface area (Å²) in [7, 11) is 5.04. The Morgan fingerprint density at radius 1 is 0.964 bits per heavy atom. The largest absolute Gasteiger partial charge is 0.497 e. The highest BCUT2D eigenvalue weighted by Crippen LogP contribution is 2.24. The molecule has 1 heterocycles. The van der Waals surface area contributed by atoms with Gasteiger partial charge in [-0.25, -0.2) is 0 Å². The van der Waals surface area contributed by atoms with E-state index < -0.39 is 0 Å². The first-order valence-corrected chi connectivity index (χ1v) is 8.73. The predicted molar refractivity (Wildman–Crippen MR) is 124 cm³/mol. The van der Waals surface area contributed by atoms with Gasteiger partial charge < -0.3 is 20.1 Å². The summed E-state index contributed by atoms with van der Waals surface area (Å²) in [4.78, 5) is 8.78. The fourth-order valence-electron chi connectivity index (χ4n) is 2.89. The number of guanidine groups is 1. The van der Waals surface area contributed by atoms with E-state index in [0.29, 0.717) is 19.0 Å². The van der Waals surface area contributed by atoms with Gasteiger partial charge in [0.25, 0.3) is 0 Å². The topological polar surface area (TPSA) is 67.8 Å². The Kier molecular flexibility index (Phi) is 8.31. The number of methoxy groups -OCH3 is 2. The van der Waals surface area contributed by atoms with Crippen molar-refractivity contribution in [3.05, 3.63) is 65.9 Å². The van der Waals surface area contributed by atoms with Crippen LogP contribution in [0, 0.1) is 0 Å². The van der Waals surface area contributed by atoms with Gasteiger partial charge in [0.15, 0.2) is 5.96 Å². The molecule has 2 aromatic carbocycles. The highest BCUT2D eigenvalue weighted by Gasteiger charge is 2.07.